The van der Waals surface area contributed by atoms with Crippen molar-refractivity contribution in [2.45, 2.75) is 13.8 Å². The van der Waals surface area contributed by atoms with Gasteiger partial charge in [0, 0.05) is 28.6 Å². The summed E-state index contributed by atoms with van der Waals surface area (Å²) in [5.74, 6) is 2.03. The molecular weight excluding hydrogens is 305 g/mol. The van der Waals surface area contributed by atoms with E-state index in [4.69, 9.17) is 9.05 Å². The summed E-state index contributed by atoms with van der Waals surface area (Å²) in [5, 5.41) is 0. The van der Waals surface area contributed by atoms with Crippen LogP contribution >= 0.6 is 31.3 Å². The Balaban J connectivity index is 0.00000196. The summed E-state index contributed by atoms with van der Waals surface area (Å²) in [6.45, 7) is 4.26. The summed E-state index contributed by atoms with van der Waals surface area (Å²) in [4.78, 5) is 0. The van der Waals surface area contributed by atoms with E-state index in [1.54, 1.807) is 37.4 Å². The first kappa shape index (κ1) is 16.0. The molecule has 15 heavy (non-hydrogen) atoms. The van der Waals surface area contributed by atoms with Gasteiger partial charge in [-0.05, 0) is 13.8 Å². The minimum Gasteiger partial charge on any atom is -0.291 e. The van der Waals surface area contributed by atoms with E-state index in [-0.39, 0.29) is 17.1 Å². The van der Waals surface area contributed by atoms with Gasteiger partial charge >= 0.3 is 7.75 Å². The van der Waals surface area contributed by atoms with E-state index in [1.165, 1.54) is 0 Å². The van der Waals surface area contributed by atoms with Gasteiger partial charge in [0.25, 0.3) is 0 Å². The zero-order valence-corrected chi connectivity index (χ0v) is 12.0. The fraction of sp³-hybridized carbons (Fsp3) is 0.857. The molecule has 1 heterocycles. The molecule has 0 spiro atoms. The summed E-state index contributed by atoms with van der Waals surface area (Å²) in [7, 11) is -3.22. The maximum atomic E-state index is 11.9. The molecule has 1 aliphatic heterocycles. The van der Waals surface area contributed by atoms with Crippen molar-refractivity contribution in [3.63, 3.8) is 0 Å². The Morgan fingerprint density at radius 1 is 1.27 bits per heavy atom. The Morgan fingerprint density at radius 3 is 2.13 bits per heavy atom. The number of hydrogen-bond acceptors (Lipinski definition) is 5. The molecule has 8 heteroatoms. The molecule has 0 N–H and O–H groups in total. The monoisotopic (exact) mass is 318 g/mol. The van der Waals surface area contributed by atoms with Crippen LogP contribution in [-0.2, 0) is 30.7 Å². The summed E-state index contributed by atoms with van der Waals surface area (Å²) in [6, 6.07) is 0. The number of hydrogen-bond donors (Lipinski definition) is 0. The Morgan fingerprint density at radius 2 is 1.73 bits per heavy atom. The second-order valence-corrected chi connectivity index (χ2v) is 6.45. The first-order valence-electron chi connectivity index (χ1n) is 4.45. The van der Waals surface area contributed by atoms with Gasteiger partial charge < -0.3 is 0 Å². The van der Waals surface area contributed by atoms with Crippen molar-refractivity contribution < 1.29 is 30.7 Å². The molecular formula is C7H14CuNO3PS2. The van der Waals surface area contributed by atoms with Crippen LogP contribution in [0.5, 0.6) is 0 Å². The number of nitrogens with zero attached hydrogens (tertiary/aromatic N) is 1. The molecule has 0 aromatic rings. The van der Waals surface area contributed by atoms with Crippen LogP contribution in [0.2, 0.25) is 0 Å². The molecule has 0 unspecified atom stereocenters. The molecule has 4 nitrogen and oxygen atoms in total. The molecule has 0 aromatic carbocycles. The molecule has 0 bridgehead atoms. The van der Waals surface area contributed by atoms with E-state index in [0.717, 1.165) is 15.9 Å². The van der Waals surface area contributed by atoms with Crippen molar-refractivity contribution in [1.82, 2.24) is 0 Å². The van der Waals surface area contributed by atoms with Crippen LogP contribution in [0.4, 0.5) is 0 Å². The maximum absolute atomic E-state index is 11.9. The maximum Gasteiger partial charge on any atom is 0.455 e. The van der Waals surface area contributed by atoms with Gasteiger partial charge in [-0.2, -0.15) is 4.76 Å². The SMILES string of the molecule is CCOP(=O)(N=C1SCCS1)OCC.[Cu]. The van der Waals surface area contributed by atoms with E-state index >= 15 is 0 Å². The smallest absolute Gasteiger partial charge is 0.291 e. The van der Waals surface area contributed by atoms with Crippen molar-refractivity contribution in [2.75, 3.05) is 24.7 Å². The topological polar surface area (TPSA) is 47.9 Å². The predicted molar refractivity (Wildman–Crippen MR) is 63.2 cm³/mol. The standard InChI is InChI=1S/C7H14NO3PS2.Cu/c1-3-10-12(9,11-4-2)8-7-13-5-6-14-7;/h3-6H2,1-2H3;. The quantitative estimate of drug-likeness (QED) is 0.576. The first-order valence-corrected chi connectivity index (χ1v) is 7.92. The van der Waals surface area contributed by atoms with E-state index in [0.29, 0.717) is 13.2 Å². The minimum absolute atomic E-state index is 0. The second-order valence-electron chi connectivity index (χ2n) is 2.37. The molecule has 0 aromatic heterocycles. The fourth-order valence-corrected chi connectivity index (χ4v) is 4.83. The number of rotatable bonds is 5. The van der Waals surface area contributed by atoms with Crippen LogP contribution in [-0.4, -0.2) is 29.1 Å². The zero-order valence-electron chi connectivity index (χ0n) is 8.57. The normalized spacial score (nSPS) is 16.3. The summed E-state index contributed by atoms with van der Waals surface area (Å²) < 4.78 is 26.9. The van der Waals surface area contributed by atoms with E-state index in [1.807, 2.05) is 0 Å². The fourth-order valence-electron chi connectivity index (χ4n) is 0.879. The molecule has 0 amide bonds. The molecule has 1 radical (unpaired) electrons. The van der Waals surface area contributed by atoms with Crippen molar-refractivity contribution in [3.8, 4) is 0 Å². The van der Waals surface area contributed by atoms with Gasteiger partial charge in [0.1, 0.15) is 4.38 Å². The van der Waals surface area contributed by atoms with Gasteiger partial charge in [0.2, 0.25) is 0 Å². The summed E-state index contributed by atoms with van der Waals surface area (Å²) in [6.07, 6.45) is 0. The zero-order chi connectivity index (χ0) is 10.4. The minimum atomic E-state index is -3.22. The Bertz CT molecular complexity index is 247. The third-order valence-corrected chi connectivity index (χ3v) is 5.67. The molecule has 1 rings (SSSR count). The molecule has 1 aliphatic rings. The van der Waals surface area contributed by atoms with Gasteiger partial charge in [-0.15, -0.1) is 0 Å². The first-order chi connectivity index (χ1) is 6.70. The summed E-state index contributed by atoms with van der Waals surface area (Å²) >= 11 is 3.20. The van der Waals surface area contributed by atoms with E-state index < -0.39 is 7.75 Å². The Kier molecular flexibility index (Phi) is 8.74. The van der Waals surface area contributed by atoms with Crippen LogP contribution in [0.3, 0.4) is 0 Å². The predicted octanol–water partition coefficient (Wildman–Crippen LogP) is 3.00. The second kappa shape index (κ2) is 8.18. The summed E-state index contributed by atoms with van der Waals surface area (Å²) in [5.41, 5.74) is 0. The molecule has 0 atom stereocenters. The third-order valence-electron chi connectivity index (χ3n) is 1.32. The van der Waals surface area contributed by atoms with Crippen LogP contribution in [0.25, 0.3) is 0 Å². The van der Waals surface area contributed by atoms with E-state index in [2.05, 4.69) is 4.76 Å². The van der Waals surface area contributed by atoms with Gasteiger partial charge in [0.05, 0.1) is 13.2 Å². The van der Waals surface area contributed by atoms with Gasteiger partial charge in [-0.25, -0.2) is 4.57 Å². The van der Waals surface area contributed by atoms with Crippen molar-refractivity contribution >= 4 is 35.6 Å². The van der Waals surface area contributed by atoms with Gasteiger partial charge in [-0.3, -0.25) is 9.05 Å². The van der Waals surface area contributed by atoms with Gasteiger partial charge in [0.15, 0.2) is 0 Å². The third kappa shape index (κ3) is 5.78. The van der Waals surface area contributed by atoms with Crippen LogP contribution in [0, 0.1) is 0 Å². The molecule has 1 fully saturated rings. The Hall–Kier alpha value is 1.04. The molecule has 1 saturated heterocycles. The average Bonchev–Trinajstić information content (AvgIpc) is 2.57. The van der Waals surface area contributed by atoms with Crippen molar-refractivity contribution in [3.05, 3.63) is 0 Å². The van der Waals surface area contributed by atoms with Crippen LogP contribution in [0.15, 0.2) is 4.76 Å². The van der Waals surface area contributed by atoms with Crippen LogP contribution < -0.4 is 0 Å². The molecule has 0 saturated carbocycles. The number of thioether (sulfide) groups is 2. The van der Waals surface area contributed by atoms with Crippen LogP contribution in [0.1, 0.15) is 13.8 Å². The average molecular weight is 319 g/mol. The molecule has 93 valence electrons. The largest absolute Gasteiger partial charge is 0.455 e. The molecule has 0 aliphatic carbocycles. The van der Waals surface area contributed by atoms with Crippen molar-refractivity contribution in [2.24, 2.45) is 4.76 Å². The van der Waals surface area contributed by atoms with Crippen molar-refractivity contribution in [1.29, 1.82) is 0 Å². The van der Waals surface area contributed by atoms with Gasteiger partial charge in [-0.1, -0.05) is 23.5 Å². The van der Waals surface area contributed by atoms with E-state index in [9.17, 15) is 4.57 Å². The Labute approximate surface area is 109 Å².